The van der Waals surface area contributed by atoms with E-state index in [0.717, 1.165) is 5.56 Å². The van der Waals surface area contributed by atoms with Crippen LogP contribution in [0.4, 0.5) is 0 Å². The van der Waals surface area contributed by atoms with Gasteiger partial charge in [-0.3, -0.25) is 14.4 Å². The first-order chi connectivity index (χ1) is 12.6. The highest BCUT2D eigenvalue weighted by molar-refractivity contribution is 7.89. The number of carbonyl (C=O) groups excluding carboxylic acids is 1. The van der Waals surface area contributed by atoms with Gasteiger partial charge in [-0.2, -0.15) is 5.10 Å². The van der Waals surface area contributed by atoms with Gasteiger partial charge in [0.1, 0.15) is 4.90 Å². The molecule has 1 unspecified atom stereocenters. The van der Waals surface area contributed by atoms with E-state index in [4.69, 9.17) is 5.14 Å². The monoisotopic (exact) mass is 391 g/mol. The van der Waals surface area contributed by atoms with Gasteiger partial charge < -0.3 is 5.32 Å². The highest BCUT2D eigenvalue weighted by Gasteiger charge is 2.26. The average Bonchev–Trinajstić information content (AvgIpc) is 3.00. The standard InChI is InChI=1S/C18H25N5O3S/c1-12-4-5-15(8-13(12)2)14(3)21-18(24)11-22-6-7-23-16(10-22)17(9-20-23)27(19,25)26/h4-5,8-9,14H,6-7,10-11H2,1-3H3,(H,21,24)(H2,19,25,26). The fourth-order valence-electron chi connectivity index (χ4n) is 3.25. The molecule has 0 bridgehead atoms. The number of fused-ring (bicyclic) bond motifs is 1. The quantitative estimate of drug-likeness (QED) is 0.785. The zero-order valence-electron chi connectivity index (χ0n) is 15.8. The Labute approximate surface area is 159 Å². The molecule has 0 radical (unpaired) electrons. The van der Waals surface area contributed by atoms with Crippen LogP contribution in [-0.4, -0.2) is 42.1 Å². The fraction of sp³-hybridized carbons (Fsp3) is 0.444. The molecule has 1 aromatic heterocycles. The molecule has 1 amide bonds. The molecule has 1 atom stereocenters. The van der Waals surface area contributed by atoms with Crippen LogP contribution in [0.2, 0.25) is 0 Å². The van der Waals surface area contributed by atoms with Crippen LogP contribution in [0.1, 0.15) is 35.3 Å². The SMILES string of the molecule is Cc1ccc(C(C)NC(=O)CN2CCn3ncc(S(N)(=O)=O)c3C2)cc1C. The summed E-state index contributed by atoms with van der Waals surface area (Å²) in [6.07, 6.45) is 1.27. The number of nitrogens with two attached hydrogens (primary N) is 1. The second-order valence-corrected chi connectivity index (χ2v) is 8.60. The van der Waals surface area contributed by atoms with Crippen molar-refractivity contribution in [3.05, 3.63) is 46.8 Å². The lowest BCUT2D eigenvalue weighted by Gasteiger charge is -2.28. The van der Waals surface area contributed by atoms with E-state index in [1.807, 2.05) is 30.9 Å². The predicted molar refractivity (Wildman–Crippen MR) is 101 cm³/mol. The van der Waals surface area contributed by atoms with Crippen LogP contribution < -0.4 is 10.5 Å². The van der Waals surface area contributed by atoms with Gasteiger partial charge in [-0.1, -0.05) is 18.2 Å². The zero-order valence-corrected chi connectivity index (χ0v) is 16.6. The number of hydrogen-bond acceptors (Lipinski definition) is 5. The smallest absolute Gasteiger partial charge is 0.241 e. The van der Waals surface area contributed by atoms with Crippen molar-refractivity contribution in [1.29, 1.82) is 0 Å². The third-order valence-corrected chi connectivity index (χ3v) is 5.95. The molecular weight excluding hydrogens is 366 g/mol. The van der Waals surface area contributed by atoms with E-state index in [1.54, 1.807) is 4.68 Å². The van der Waals surface area contributed by atoms with Gasteiger partial charge in [0.25, 0.3) is 0 Å². The molecule has 2 heterocycles. The molecule has 0 spiro atoms. The number of carbonyl (C=O) groups is 1. The maximum Gasteiger partial charge on any atom is 0.241 e. The van der Waals surface area contributed by atoms with Crippen molar-refractivity contribution in [1.82, 2.24) is 20.0 Å². The minimum Gasteiger partial charge on any atom is -0.348 e. The van der Waals surface area contributed by atoms with E-state index in [0.29, 0.717) is 25.3 Å². The summed E-state index contributed by atoms with van der Waals surface area (Å²) >= 11 is 0. The Morgan fingerprint density at radius 2 is 2.04 bits per heavy atom. The maximum atomic E-state index is 12.5. The topological polar surface area (TPSA) is 110 Å². The lowest BCUT2D eigenvalue weighted by molar-refractivity contribution is -0.123. The van der Waals surface area contributed by atoms with Crippen LogP contribution in [0, 0.1) is 13.8 Å². The lowest BCUT2D eigenvalue weighted by Crippen LogP contribution is -2.42. The van der Waals surface area contributed by atoms with Crippen molar-refractivity contribution >= 4 is 15.9 Å². The van der Waals surface area contributed by atoms with Crippen LogP contribution in [0.25, 0.3) is 0 Å². The van der Waals surface area contributed by atoms with Crippen LogP contribution >= 0.6 is 0 Å². The summed E-state index contributed by atoms with van der Waals surface area (Å²) in [7, 11) is -3.83. The van der Waals surface area contributed by atoms with E-state index < -0.39 is 10.0 Å². The van der Waals surface area contributed by atoms with Gasteiger partial charge in [0.15, 0.2) is 0 Å². The van der Waals surface area contributed by atoms with E-state index in [1.165, 1.54) is 17.3 Å². The minimum atomic E-state index is -3.83. The van der Waals surface area contributed by atoms with Crippen LogP contribution in [0.3, 0.4) is 0 Å². The molecule has 0 saturated carbocycles. The van der Waals surface area contributed by atoms with E-state index >= 15 is 0 Å². The predicted octanol–water partition coefficient (Wildman–Crippen LogP) is 0.840. The summed E-state index contributed by atoms with van der Waals surface area (Å²) < 4.78 is 25.0. The second kappa shape index (κ2) is 7.41. The largest absolute Gasteiger partial charge is 0.348 e. The normalized spacial score (nSPS) is 16.0. The molecule has 0 aliphatic carbocycles. The van der Waals surface area contributed by atoms with E-state index in [-0.39, 0.29) is 23.4 Å². The van der Waals surface area contributed by atoms with Crippen molar-refractivity contribution in [3.8, 4) is 0 Å². The summed E-state index contributed by atoms with van der Waals surface area (Å²) in [5.41, 5.74) is 3.99. The Bertz CT molecular complexity index is 967. The number of benzene rings is 1. The molecule has 0 saturated heterocycles. The molecule has 1 aromatic carbocycles. The third-order valence-electron chi connectivity index (χ3n) is 4.99. The lowest BCUT2D eigenvalue weighted by atomic mass is 10.0. The molecule has 27 heavy (non-hydrogen) atoms. The number of primary sulfonamides is 1. The Balaban J connectivity index is 1.63. The molecule has 1 aliphatic heterocycles. The van der Waals surface area contributed by atoms with Gasteiger partial charge in [-0.05, 0) is 37.5 Å². The van der Waals surface area contributed by atoms with Crippen molar-refractivity contribution < 1.29 is 13.2 Å². The van der Waals surface area contributed by atoms with Crippen molar-refractivity contribution in [3.63, 3.8) is 0 Å². The van der Waals surface area contributed by atoms with Gasteiger partial charge in [0.05, 0.1) is 31.0 Å². The summed E-state index contributed by atoms with van der Waals surface area (Å²) in [5.74, 6) is -0.106. The molecule has 1 aliphatic rings. The highest BCUT2D eigenvalue weighted by atomic mass is 32.2. The Hall–Kier alpha value is -2.23. The number of nitrogens with one attached hydrogen (secondary N) is 1. The highest BCUT2D eigenvalue weighted by Crippen LogP contribution is 2.20. The first-order valence-corrected chi connectivity index (χ1v) is 10.4. The number of sulfonamides is 1. The Kier molecular flexibility index (Phi) is 5.36. The van der Waals surface area contributed by atoms with Crippen LogP contribution in [0.5, 0.6) is 0 Å². The van der Waals surface area contributed by atoms with Gasteiger partial charge in [0.2, 0.25) is 15.9 Å². The van der Waals surface area contributed by atoms with E-state index in [9.17, 15) is 13.2 Å². The molecule has 146 valence electrons. The van der Waals surface area contributed by atoms with Crippen molar-refractivity contribution in [2.75, 3.05) is 13.1 Å². The van der Waals surface area contributed by atoms with Crippen LogP contribution in [0.15, 0.2) is 29.3 Å². The van der Waals surface area contributed by atoms with Gasteiger partial charge in [0, 0.05) is 13.1 Å². The maximum absolute atomic E-state index is 12.5. The number of hydrogen-bond donors (Lipinski definition) is 2. The summed E-state index contributed by atoms with van der Waals surface area (Å²) in [6, 6.07) is 6.05. The molecule has 3 rings (SSSR count). The number of aromatic nitrogens is 2. The molecule has 2 aromatic rings. The third kappa shape index (κ3) is 4.37. The molecular formula is C18H25N5O3S. The molecule has 0 fully saturated rings. The van der Waals surface area contributed by atoms with E-state index in [2.05, 4.69) is 23.4 Å². The Morgan fingerprint density at radius 1 is 1.30 bits per heavy atom. The summed E-state index contributed by atoms with van der Waals surface area (Å²) in [4.78, 5) is 14.4. The van der Waals surface area contributed by atoms with Gasteiger partial charge in [-0.15, -0.1) is 0 Å². The van der Waals surface area contributed by atoms with Crippen molar-refractivity contribution in [2.45, 2.75) is 44.8 Å². The molecule has 3 N–H and O–H groups in total. The van der Waals surface area contributed by atoms with Gasteiger partial charge >= 0.3 is 0 Å². The number of amides is 1. The van der Waals surface area contributed by atoms with Gasteiger partial charge in [-0.25, -0.2) is 13.6 Å². The van der Waals surface area contributed by atoms with Crippen LogP contribution in [-0.2, 0) is 27.9 Å². The minimum absolute atomic E-state index is 0.0242. The summed E-state index contributed by atoms with van der Waals surface area (Å²) in [6.45, 7) is 7.69. The van der Waals surface area contributed by atoms with Crippen molar-refractivity contribution in [2.24, 2.45) is 5.14 Å². The average molecular weight is 391 g/mol. The first kappa shape index (κ1) is 19.5. The number of aryl methyl sites for hydroxylation is 2. The number of rotatable bonds is 5. The fourth-order valence-corrected chi connectivity index (χ4v) is 3.95. The molecule has 9 heteroatoms. The number of nitrogens with zero attached hydrogens (tertiary/aromatic N) is 3. The summed E-state index contributed by atoms with van der Waals surface area (Å²) in [5, 5.41) is 12.3. The Morgan fingerprint density at radius 3 is 2.70 bits per heavy atom. The second-order valence-electron chi connectivity index (χ2n) is 7.07. The first-order valence-electron chi connectivity index (χ1n) is 8.81. The zero-order chi connectivity index (χ0) is 19.8. The molecule has 8 nitrogen and oxygen atoms in total.